The molecule has 48 heavy (non-hydrogen) atoms. The maximum Gasteiger partial charge on any atom is 0.306 e. The number of aliphatic hydroxyl groups excluding tert-OH is 1. The molecule has 0 spiro atoms. The summed E-state index contributed by atoms with van der Waals surface area (Å²) in [6.45, 7) is 9.60. The quantitative estimate of drug-likeness (QED) is 0.0826. The molecule has 4 aliphatic carbocycles. The van der Waals surface area contributed by atoms with Crippen molar-refractivity contribution in [3.63, 3.8) is 0 Å². The molecule has 3 N–H and O–H groups in total. The monoisotopic (exact) mass is 660 g/mol. The van der Waals surface area contributed by atoms with Crippen molar-refractivity contribution in [3.8, 4) is 0 Å². The number of fused-ring (bicyclic) bond motifs is 5. The molecule has 0 aromatic heterocycles. The molecule has 2 saturated carbocycles. The number of hydrogen-bond acceptors (Lipinski definition) is 6. The van der Waals surface area contributed by atoms with Crippen LogP contribution < -0.4 is 0 Å². The van der Waals surface area contributed by atoms with E-state index in [4.69, 9.17) is 4.74 Å². The van der Waals surface area contributed by atoms with Crippen molar-refractivity contribution in [2.45, 2.75) is 128 Å². The molecule has 4 aliphatic rings. The molecule has 264 valence electrons. The maximum absolute atomic E-state index is 13.2. The fraction of sp³-hybridized carbons (Fsp3) is 0.619. The Bertz CT molecular complexity index is 1360. The van der Waals surface area contributed by atoms with E-state index < -0.39 is 34.1 Å². The lowest BCUT2D eigenvalue weighted by molar-refractivity contribution is -0.187. The fourth-order valence-corrected chi connectivity index (χ4v) is 8.91. The first kappa shape index (κ1) is 38.0. The van der Waals surface area contributed by atoms with Crippen LogP contribution in [-0.4, -0.2) is 50.5 Å². The van der Waals surface area contributed by atoms with Gasteiger partial charge in [0.25, 0.3) is 0 Å². The van der Waals surface area contributed by atoms with Crippen LogP contribution >= 0.6 is 0 Å². The van der Waals surface area contributed by atoms with E-state index in [1.54, 1.807) is 13.0 Å². The summed E-state index contributed by atoms with van der Waals surface area (Å²) in [6, 6.07) is 0. The van der Waals surface area contributed by atoms with Crippen LogP contribution in [0.3, 0.4) is 0 Å². The molecule has 0 aromatic carbocycles. The Labute approximate surface area is 289 Å². The molecule has 7 atom stereocenters. The second-order valence-corrected chi connectivity index (χ2v) is 15.1. The van der Waals surface area contributed by atoms with Crippen LogP contribution in [0.4, 0.5) is 0 Å². The van der Waals surface area contributed by atoms with E-state index in [1.807, 2.05) is 19.1 Å². The van der Waals surface area contributed by atoms with E-state index in [9.17, 15) is 24.9 Å². The Morgan fingerprint density at radius 1 is 0.896 bits per heavy atom. The minimum Gasteiger partial charge on any atom is -0.458 e. The number of unbranched alkanes of at least 4 members (excludes halogenated alkanes) is 3. The first-order chi connectivity index (χ1) is 22.9. The number of carbonyl (C=O) groups is 2. The summed E-state index contributed by atoms with van der Waals surface area (Å²) in [5, 5.41) is 34.3. The van der Waals surface area contributed by atoms with Gasteiger partial charge < -0.3 is 20.1 Å². The Morgan fingerprint density at radius 3 is 2.04 bits per heavy atom. The van der Waals surface area contributed by atoms with Crippen molar-refractivity contribution in [2.75, 3.05) is 6.61 Å². The molecule has 6 nitrogen and oxygen atoms in total. The lowest BCUT2D eigenvalue weighted by Crippen LogP contribution is -2.61. The normalized spacial score (nSPS) is 34.1. The number of aliphatic hydroxyl groups is 3. The average molecular weight is 661 g/mol. The van der Waals surface area contributed by atoms with E-state index >= 15 is 0 Å². The van der Waals surface area contributed by atoms with Crippen molar-refractivity contribution >= 4 is 11.8 Å². The predicted octanol–water partition coefficient (Wildman–Crippen LogP) is 8.21. The number of allylic oxidation sites excluding steroid dienone is 10. The summed E-state index contributed by atoms with van der Waals surface area (Å²) >= 11 is 0. The Hall–Kier alpha value is -2.80. The minimum atomic E-state index is -1.78. The molecule has 0 bridgehead atoms. The van der Waals surface area contributed by atoms with Gasteiger partial charge in [0, 0.05) is 36.0 Å². The summed E-state index contributed by atoms with van der Waals surface area (Å²) in [5.41, 5.74) is -3.37. The third-order valence-electron chi connectivity index (χ3n) is 11.6. The molecule has 0 aromatic rings. The largest absolute Gasteiger partial charge is 0.458 e. The standard InChI is InChI=1S/C42H60O6/c1-6-7-8-9-10-11-12-13-14-15-16-17-18-19-20-21-22-23-24-25-36(44)48-41-28-32(3)42(47)34(37(41)39(41,4)5)27-33(30-43)29-40(46)35(42)26-31(2)38(40)45/h7-8,10-11,13-14,19-20,22-23,26-27,32,34-35,37,43,46-47H,6,9,12,15-18,21,24-25,28-30H2,1-5H3/b8-7-,11-10-,14-13-,20-19-,23-22-/t32-,34+,35-,37-,40-,41+,42-/m1/s1. The second kappa shape index (κ2) is 16.3. The van der Waals surface area contributed by atoms with Crippen molar-refractivity contribution in [1.82, 2.24) is 0 Å². The van der Waals surface area contributed by atoms with E-state index in [1.165, 1.54) is 12.8 Å². The zero-order valence-corrected chi connectivity index (χ0v) is 30.0. The van der Waals surface area contributed by atoms with E-state index in [-0.39, 0.29) is 43.0 Å². The zero-order valence-electron chi connectivity index (χ0n) is 30.0. The van der Waals surface area contributed by atoms with Gasteiger partial charge >= 0.3 is 5.97 Å². The molecular formula is C42H60O6. The smallest absolute Gasteiger partial charge is 0.306 e. The van der Waals surface area contributed by atoms with Crippen molar-refractivity contribution in [2.24, 2.45) is 29.1 Å². The fourth-order valence-electron chi connectivity index (χ4n) is 8.91. The van der Waals surface area contributed by atoms with Gasteiger partial charge in [-0.05, 0) is 88.2 Å². The topological polar surface area (TPSA) is 104 Å². The molecule has 0 saturated heterocycles. The van der Waals surface area contributed by atoms with Crippen molar-refractivity contribution < 1.29 is 29.6 Å². The number of esters is 1. The number of hydrogen-bond donors (Lipinski definition) is 3. The molecule has 0 aliphatic heterocycles. The summed E-state index contributed by atoms with van der Waals surface area (Å²) in [7, 11) is 0. The van der Waals surface area contributed by atoms with Crippen molar-refractivity contribution in [3.05, 3.63) is 84.1 Å². The molecular weight excluding hydrogens is 600 g/mol. The van der Waals surface area contributed by atoms with Crippen LogP contribution in [0.2, 0.25) is 0 Å². The number of carbonyl (C=O) groups excluding carboxylic acids is 2. The molecule has 0 amide bonds. The van der Waals surface area contributed by atoms with Gasteiger partial charge in [-0.1, -0.05) is 101 Å². The van der Waals surface area contributed by atoms with E-state index in [0.717, 1.165) is 38.5 Å². The molecule has 0 radical (unpaired) electrons. The molecule has 0 heterocycles. The maximum atomic E-state index is 13.2. The molecule has 4 rings (SSSR count). The molecule has 6 heteroatoms. The highest BCUT2D eigenvalue weighted by Gasteiger charge is 2.83. The van der Waals surface area contributed by atoms with Gasteiger partial charge in [-0.25, -0.2) is 0 Å². The highest BCUT2D eigenvalue weighted by Crippen LogP contribution is 2.76. The molecule has 2 fully saturated rings. The van der Waals surface area contributed by atoms with Gasteiger partial charge in [0.05, 0.1) is 12.2 Å². The van der Waals surface area contributed by atoms with Gasteiger partial charge in [-0.2, -0.15) is 0 Å². The van der Waals surface area contributed by atoms with Crippen LogP contribution in [0, 0.1) is 29.1 Å². The summed E-state index contributed by atoms with van der Waals surface area (Å²) in [6.07, 6.45) is 35.4. The van der Waals surface area contributed by atoms with E-state index in [0.29, 0.717) is 24.0 Å². The highest BCUT2D eigenvalue weighted by molar-refractivity contribution is 6.04. The SMILES string of the molecule is CC/C=C\C/C=C\C/C=C\CCCC/C=C\C/C=C\CCC(=O)O[C@@]12C[C@@H](C)[C@@]3(O)[C@@H](C=C(CO)C[C@]4(O)C(=O)C(C)=C[C@@H]34)[C@@H]1C2(C)C. The van der Waals surface area contributed by atoms with Gasteiger partial charge in [-0.3, -0.25) is 9.59 Å². The number of rotatable bonds is 17. The van der Waals surface area contributed by atoms with Crippen LogP contribution in [0.1, 0.15) is 112 Å². The Kier molecular flexibility index (Phi) is 12.9. The van der Waals surface area contributed by atoms with Gasteiger partial charge in [0.2, 0.25) is 0 Å². The average Bonchev–Trinajstić information content (AvgIpc) is 3.45. The minimum absolute atomic E-state index is 0.0123. The van der Waals surface area contributed by atoms with E-state index in [2.05, 4.69) is 75.5 Å². The van der Waals surface area contributed by atoms with Crippen LogP contribution in [-0.2, 0) is 14.3 Å². The summed E-state index contributed by atoms with van der Waals surface area (Å²) in [5.74, 6) is -2.46. The van der Waals surface area contributed by atoms with Crippen LogP contribution in [0.25, 0.3) is 0 Å². The van der Waals surface area contributed by atoms with Crippen LogP contribution in [0.5, 0.6) is 0 Å². The predicted molar refractivity (Wildman–Crippen MR) is 193 cm³/mol. The second-order valence-electron chi connectivity index (χ2n) is 15.1. The number of Topliss-reactive ketones (excluding diaryl/α,β-unsaturated/α-hetero) is 1. The first-order valence-corrected chi connectivity index (χ1v) is 18.3. The highest BCUT2D eigenvalue weighted by atomic mass is 16.6. The van der Waals surface area contributed by atoms with Crippen LogP contribution in [0.15, 0.2) is 84.1 Å². The zero-order chi connectivity index (χ0) is 35.0. The van der Waals surface area contributed by atoms with Crippen molar-refractivity contribution in [1.29, 1.82) is 0 Å². The Morgan fingerprint density at radius 2 is 1.46 bits per heavy atom. The van der Waals surface area contributed by atoms with Gasteiger partial charge in [-0.15, -0.1) is 0 Å². The third-order valence-corrected chi connectivity index (χ3v) is 11.6. The molecule has 0 unspecified atom stereocenters. The first-order valence-electron chi connectivity index (χ1n) is 18.3. The summed E-state index contributed by atoms with van der Waals surface area (Å²) < 4.78 is 6.31. The third kappa shape index (κ3) is 7.66. The van der Waals surface area contributed by atoms with Gasteiger partial charge in [0.15, 0.2) is 5.78 Å². The number of ether oxygens (including phenoxy) is 1. The summed E-state index contributed by atoms with van der Waals surface area (Å²) in [4.78, 5) is 26.3. The van der Waals surface area contributed by atoms with Gasteiger partial charge in [0.1, 0.15) is 11.2 Å². The lowest BCUT2D eigenvalue weighted by Gasteiger charge is -2.50. The Balaban J connectivity index is 1.21. The number of ketones is 1. The lowest BCUT2D eigenvalue weighted by atomic mass is 9.60.